The Morgan fingerprint density at radius 2 is 1.41 bits per heavy atom. The minimum atomic E-state index is -0.761. The van der Waals surface area contributed by atoms with Crippen molar-refractivity contribution in [3.8, 4) is 0 Å². The molecule has 1 aliphatic heterocycles. The molecule has 0 N–H and O–H groups in total. The molecule has 11 atom stereocenters. The number of hydrogen-bond donors (Lipinski definition) is 0. The van der Waals surface area contributed by atoms with Crippen LogP contribution in [0.2, 0.25) is 0 Å². The van der Waals surface area contributed by atoms with E-state index < -0.39 is 34.1 Å². The van der Waals surface area contributed by atoms with E-state index in [4.69, 9.17) is 14.2 Å². The van der Waals surface area contributed by atoms with Crippen LogP contribution in [0.1, 0.15) is 120 Å². The zero-order valence-electron chi connectivity index (χ0n) is 26.4. The summed E-state index contributed by atoms with van der Waals surface area (Å²) in [5.41, 5.74) is -2.73. The van der Waals surface area contributed by atoms with Crippen molar-refractivity contribution in [2.45, 2.75) is 137 Å². The van der Waals surface area contributed by atoms with Crippen molar-refractivity contribution in [3.63, 3.8) is 0 Å². The van der Waals surface area contributed by atoms with E-state index >= 15 is 0 Å². The lowest BCUT2D eigenvalue weighted by atomic mass is 9.30. The average Bonchev–Trinajstić information content (AvgIpc) is 3.07. The molecule has 0 aromatic rings. The standard InChI is InChI=1S/C34H50O7/c1-20(36)39-25-11-12-29(5)22(30(25,6)19-35)9-13-31(7)23(29)10-14-34-24-17-28(3,4)15-16-33(24,27(38)41-34)26(40-21(2)37)18-32(31,34)8/h19,22-26H,9-18H2,1-8H3/t22-,23-,24-,25?,26?,29+,30+,31-,32+,33-,34+/m1/s1. The van der Waals surface area contributed by atoms with Gasteiger partial charge in [-0.05, 0) is 99.2 Å². The highest BCUT2D eigenvalue weighted by Gasteiger charge is 2.84. The second-order valence-corrected chi connectivity index (χ2v) is 16.6. The van der Waals surface area contributed by atoms with E-state index in [2.05, 4.69) is 34.6 Å². The van der Waals surface area contributed by atoms with Crippen LogP contribution < -0.4 is 0 Å². The van der Waals surface area contributed by atoms with Crippen LogP contribution in [0.15, 0.2) is 0 Å². The number of esters is 3. The Balaban J connectivity index is 1.46. The summed E-state index contributed by atoms with van der Waals surface area (Å²) in [5.74, 6) is -0.415. The summed E-state index contributed by atoms with van der Waals surface area (Å²) in [6.45, 7) is 16.6. The lowest BCUT2D eigenvalue weighted by Crippen LogP contribution is -2.74. The largest absolute Gasteiger partial charge is 0.462 e. The van der Waals surface area contributed by atoms with Crippen LogP contribution in [-0.4, -0.2) is 42.0 Å². The fourth-order valence-corrected chi connectivity index (χ4v) is 12.5. The lowest BCUT2D eigenvalue weighted by molar-refractivity contribution is -0.297. The van der Waals surface area contributed by atoms with Crippen molar-refractivity contribution >= 4 is 24.2 Å². The Kier molecular flexibility index (Phi) is 6.11. The molecule has 41 heavy (non-hydrogen) atoms. The third-order valence-electron chi connectivity index (χ3n) is 14.6. The summed E-state index contributed by atoms with van der Waals surface area (Å²) in [4.78, 5) is 51.4. The van der Waals surface area contributed by atoms with E-state index in [9.17, 15) is 19.2 Å². The molecule has 7 nitrogen and oxygen atoms in total. The van der Waals surface area contributed by atoms with Crippen molar-refractivity contribution in [1.82, 2.24) is 0 Å². The van der Waals surface area contributed by atoms with Gasteiger partial charge in [0.2, 0.25) is 0 Å². The molecule has 2 bridgehead atoms. The molecule has 5 saturated carbocycles. The molecule has 6 fully saturated rings. The second kappa shape index (κ2) is 8.59. The van der Waals surface area contributed by atoms with Gasteiger partial charge in [0, 0.05) is 25.2 Å². The first-order chi connectivity index (χ1) is 19.0. The normalized spacial score (nSPS) is 53.0. The van der Waals surface area contributed by atoms with E-state index in [0.29, 0.717) is 25.2 Å². The molecule has 2 unspecified atom stereocenters. The van der Waals surface area contributed by atoms with E-state index in [1.165, 1.54) is 13.8 Å². The zero-order chi connectivity index (χ0) is 30.0. The summed E-state index contributed by atoms with van der Waals surface area (Å²) < 4.78 is 18.7. The first-order valence-electron chi connectivity index (χ1n) is 16.0. The van der Waals surface area contributed by atoms with Crippen molar-refractivity contribution in [2.24, 2.45) is 50.2 Å². The highest BCUT2D eigenvalue weighted by Crippen LogP contribution is 2.81. The molecule has 1 heterocycles. The number of carbonyl (C=O) groups is 4. The Morgan fingerprint density at radius 3 is 2.05 bits per heavy atom. The zero-order valence-corrected chi connectivity index (χ0v) is 26.4. The van der Waals surface area contributed by atoms with Gasteiger partial charge in [-0.3, -0.25) is 14.4 Å². The molecular weight excluding hydrogens is 520 g/mol. The highest BCUT2D eigenvalue weighted by atomic mass is 16.6. The Morgan fingerprint density at radius 1 is 0.780 bits per heavy atom. The summed E-state index contributed by atoms with van der Waals surface area (Å²) >= 11 is 0. The van der Waals surface area contributed by atoms with E-state index in [-0.39, 0.29) is 46.0 Å². The monoisotopic (exact) mass is 570 g/mol. The van der Waals surface area contributed by atoms with Gasteiger partial charge >= 0.3 is 17.9 Å². The molecule has 0 radical (unpaired) electrons. The van der Waals surface area contributed by atoms with Gasteiger partial charge in [0.05, 0.1) is 5.41 Å². The Labute approximate surface area is 245 Å². The van der Waals surface area contributed by atoms with Gasteiger partial charge in [0.1, 0.15) is 29.5 Å². The maximum absolute atomic E-state index is 14.1. The van der Waals surface area contributed by atoms with Gasteiger partial charge in [-0.2, -0.15) is 0 Å². The lowest BCUT2D eigenvalue weighted by Gasteiger charge is -2.74. The van der Waals surface area contributed by atoms with Crippen LogP contribution in [0.4, 0.5) is 0 Å². The minimum Gasteiger partial charge on any atom is -0.462 e. The average molecular weight is 571 g/mol. The summed E-state index contributed by atoms with van der Waals surface area (Å²) in [7, 11) is 0. The number of carbonyl (C=O) groups excluding carboxylic acids is 4. The van der Waals surface area contributed by atoms with Crippen molar-refractivity contribution in [3.05, 3.63) is 0 Å². The van der Waals surface area contributed by atoms with Gasteiger partial charge < -0.3 is 19.0 Å². The Bertz CT molecular complexity index is 1190. The number of rotatable bonds is 3. The molecule has 0 aromatic heterocycles. The van der Waals surface area contributed by atoms with Crippen LogP contribution in [0.5, 0.6) is 0 Å². The van der Waals surface area contributed by atoms with Crippen molar-refractivity contribution < 1.29 is 33.4 Å². The highest BCUT2D eigenvalue weighted by molar-refractivity contribution is 5.83. The van der Waals surface area contributed by atoms with Gasteiger partial charge in [-0.1, -0.05) is 34.6 Å². The number of ether oxygens (including phenoxy) is 3. The van der Waals surface area contributed by atoms with Crippen LogP contribution in [-0.2, 0) is 33.4 Å². The molecule has 1 saturated heterocycles. The molecule has 5 aliphatic carbocycles. The molecule has 6 aliphatic rings. The van der Waals surface area contributed by atoms with E-state index in [0.717, 1.165) is 51.2 Å². The summed E-state index contributed by atoms with van der Waals surface area (Å²) in [5, 5.41) is 0. The van der Waals surface area contributed by atoms with Crippen LogP contribution in [0, 0.1) is 50.2 Å². The fraction of sp³-hybridized carbons (Fsp3) is 0.882. The molecule has 1 spiro atoms. The topological polar surface area (TPSA) is 96.0 Å². The first-order valence-corrected chi connectivity index (χ1v) is 16.0. The summed E-state index contributed by atoms with van der Waals surface area (Å²) in [6.07, 6.45) is 8.32. The van der Waals surface area contributed by atoms with Gasteiger partial charge in [0.15, 0.2) is 0 Å². The van der Waals surface area contributed by atoms with Gasteiger partial charge in [-0.25, -0.2) is 0 Å². The Hall–Kier alpha value is -1.92. The summed E-state index contributed by atoms with van der Waals surface area (Å²) in [6, 6.07) is 0. The quantitative estimate of drug-likeness (QED) is 0.226. The van der Waals surface area contributed by atoms with Crippen molar-refractivity contribution in [2.75, 3.05) is 0 Å². The second-order valence-electron chi connectivity index (χ2n) is 16.6. The maximum atomic E-state index is 14.1. The van der Waals surface area contributed by atoms with Crippen LogP contribution in [0.3, 0.4) is 0 Å². The van der Waals surface area contributed by atoms with E-state index in [1.54, 1.807) is 0 Å². The SMILES string of the molecule is CC(=O)OC1C[C@]2(C)[C@@]3(CC[C@@H]4[C@@]5(C)CCC(OC(C)=O)[C@@](C)(C=O)[C@@H]5CC[C@]42C)OC(=O)[C@@]12CCC(C)(C)C[C@H]23. The van der Waals surface area contributed by atoms with Crippen molar-refractivity contribution in [1.29, 1.82) is 0 Å². The smallest absolute Gasteiger partial charge is 0.316 e. The predicted octanol–water partition coefficient (Wildman–Crippen LogP) is 6.20. The third-order valence-corrected chi connectivity index (χ3v) is 14.6. The molecule has 6 rings (SSSR count). The number of aldehydes is 1. The molecule has 7 heteroatoms. The fourth-order valence-electron chi connectivity index (χ4n) is 12.5. The molecule has 0 amide bonds. The number of fused-ring (bicyclic) bond motifs is 4. The molecule has 0 aromatic carbocycles. The van der Waals surface area contributed by atoms with E-state index in [1.807, 2.05) is 6.92 Å². The van der Waals surface area contributed by atoms with Crippen LogP contribution >= 0.6 is 0 Å². The predicted molar refractivity (Wildman–Crippen MR) is 151 cm³/mol. The van der Waals surface area contributed by atoms with Gasteiger partial charge in [0.25, 0.3) is 0 Å². The van der Waals surface area contributed by atoms with Gasteiger partial charge in [-0.15, -0.1) is 0 Å². The minimum absolute atomic E-state index is 0.0117. The third kappa shape index (κ3) is 3.38. The molecule has 228 valence electrons. The maximum Gasteiger partial charge on any atom is 0.316 e. The molecular formula is C34H50O7. The first kappa shape index (κ1) is 29.2. The number of hydrogen-bond acceptors (Lipinski definition) is 7. The van der Waals surface area contributed by atoms with Crippen LogP contribution in [0.25, 0.3) is 0 Å².